The molecule has 0 saturated carbocycles. The monoisotopic (exact) mass is 337 g/mol. The van der Waals surface area contributed by atoms with E-state index in [1.807, 2.05) is 18.2 Å². The summed E-state index contributed by atoms with van der Waals surface area (Å²) in [5.41, 5.74) is 5.70. The van der Waals surface area contributed by atoms with E-state index in [2.05, 4.69) is 53.6 Å². The van der Waals surface area contributed by atoms with Crippen LogP contribution in [0.1, 0.15) is 30.4 Å². The highest BCUT2D eigenvalue weighted by Crippen LogP contribution is 2.22. The zero-order valence-corrected chi connectivity index (χ0v) is 15.1. The van der Waals surface area contributed by atoms with Crippen LogP contribution in [0.5, 0.6) is 0 Å². The van der Waals surface area contributed by atoms with E-state index in [0.717, 1.165) is 24.5 Å². The van der Waals surface area contributed by atoms with Crippen molar-refractivity contribution in [3.05, 3.63) is 53.6 Å². The second-order valence-corrected chi connectivity index (χ2v) is 6.71. The van der Waals surface area contributed by atoms with Gasteiger partial charge in [0.2, 0.25) is 5.91 Å². The maximum atomic E-state index is 12.1. The number of nitrogens with one attached hydrogen (secondary N) is 2. The quantitative estimate of drug-likeness (QED) is 0.824. The molecule has 2 N–H and O–H groups in total. The number of carbonyl (C=O) groups is 1. The van der Waals surface area contributed by atoms with Gasteiger partial charge in [0.15, 0.2) is 0 Å². The summed E-state index contributed by atoms with van der Waals surface area (Å²) >= 11 is 0. The molecule has 0 aliphatic carbocycles. The number of rotatable bonds is 6. The molecule has 0 unspecified atom stereocenters. The number of hydrogen-bond acceptors (Lipinski definition) is 3. The molecule has 25 heavy (non-hydrogen) atoms. The van der Waals surface area contributed by atoms with E-state index < -0.39 is 0 Å². The van der Waals surface area contributed by atoms with Crippen molar-refractivity contribution in [3.63, 3.8) is 0 Å². The van der Waals surface area contributed by atoms with Crippen molar-refractivity contribution < 1.29 is 4.79 Å². The first-order chi connectivity index (χ1) is 12.1. The SMILES string of the molecule is Cc1cccc(NCCC(=O)Nc2ccc(N3CCCC3)cc2)c1C. The Morgan fingerprint density at radius 2 is 1.76 bits per heavy atom. The van der Waals surface area contributed by atoms with Gasteiger partial charge in [-0.2, -0.15) is 0 Å². The second-order valence-electron chi connectivity index (χ2n) is 6.71. The van der Waals surface area contributed by atoms with E-state index in [0.29, 0.717) is 13.0 Å². The van der Waals surface area contributed by atoms with Crippen LogP contribution in [0.3, 0.4) is 0 Å². The Morgan fingerprint density at radius 3 is 2.48 bits per heavy atom. The minimum atomic E-state index is 0.0340. The van der Waals surface area contributed by atoms with Gasteiger partial charge in [0.05, 0.1) is 0 Å². The first-order valence-electron chi connectivity index (χ1n) is 9.08. The molecule has 1 aliphatic heterocycles. The summed E-state index contributed by atoms with van der Waals surface area (Å²) in [5, 5.41) is 6.32. The van der Waals surface area contributed by atoms with Crippen LogP contribution in [0, 0.1) is 13.8 Å². The van der Waals surface area contributed by atoms with E-state index in [9.17, 15) is 4.79 Å². The van der Waals surface area contributed by atoms with Crippen LogP contribution in [-0.2, 0) is 4.79 Å². The van der Waals surface area contributed by atoms with Crippen LogP contribution in [0.4, 0.5) is 17.1 Å². The number of nitrogens with zero attached hydrogens (tertiary/aromatic N) is 1. The first-order valence-corrected chi connectivity index (χ1v) is 9.08. The molecule has 1 amide bonds. The molecular formula is C21H27N3O. The van der Waals surface area contributed by atoms with Gasteiger partial charge in [-0.15, -0.1) is 0 Å². The smallest absolute Gasteiger partial charge is 0.226 e. The summed E-state index contributed by atoms with van der Waals surface area (Å²) < 4.78 is 0. The normalized spacial score (nSPS) is 13.8. The number of aryl methyl sites for hydroxylation is 1. The number of hydrogen-bond donors (Lipinski definition) is 2. The van der Waals surface area contributed by atoms with Gasteiger partial charge in [0, 0.05) is 43.1 Å². The molecule has 1 fully saturated rings. The predicted octanol–water partition coefficient (Wildman–Crippen LogP) is 4.34. The average molecular weight is 337 g/mol. The van der Waals surface area contributed by atoms with Crippen molar-refractivity contribution in [2.24, 2.45) is 0 Å². The van der Waals surface area contributed by atoms with Crippen LogP contribution in [0.25, 0.3) is 0 Å². The molecule has 0 radical (unpaired) electrons. The lowest BCUT2D eigenvalue weighted by Crippen LogP contribution is -2.18. The third kappa shape index (κ3) is 4.53. The van der Waals surface area contributed by atoms with Gasteiger partial charge in [0.1, 0.15) is 0 Å². The Hall–Kier alpha value is -2.49. The number of carbonyl (C=O) groups excluding carboxylic acids is 1. The molecule has 1 saturated heterocycles. The second kappa shape index (κ2) is 8.06. The number of benzene rings is 2. The fraction of sp³-hybridized carbons (Fsp3) is 0.381. The average Bonchev–Trinajstić information content (AvgIpc) is 3.14. The Morgan fingerprint density at radius 1 is 1.04 bits per heavy atom. The molecular weight excluding hydrogens is 310 g/mol. The lowest BCUT2D eigenvalue weighted by atomic mass is 10.1. The van der Waals surface area contributed by atoms with E-state index in [1.54, 1.807) is 0 Å². The van der Waals surface area contributed by atoms with Gasteiger partial charge < -0.3 is 15.5 Å². The van der Waals surface area contributed by atoms with Crippen LogP contribution in [0.15, 0.2) is 42.5 Å². The summed E-state index contributed by atoms with van der Waals surface area (Å²) in [6.07, 6.45) is 2.99. The van der Waals surface area contributed by atoms with Gasteiger partial charge in [-0.05, 0) is 68.1 Å². The van der Waals surface area contributed by atoms with Crippen LogP contribution < -0.4 is 15.5 Å². The maximum Gasteiger partial charge on any atom is 0.226 e. The predicted molar refractivity (Wildman–Crippen MR) is 106 cm³/mol. The zero-order chi connectivity index (χ0) is 17.6. The fourth-order valence-corrected chi connectivity index (χ4v) is 3.21. The molecule has 1 heterocycles. The molecule has 3 rings (SSSR count). The minimum absolute atomic E-state index is 0.0340. The van der Waals surface area contributed by atoms with Crippen LogP contribution in [0.2, 0.25) is 0 Å². The summed E-state index contributed by atoms with van der Waals surface area (Å²) in [7, 11) is 0. The lowest BCUT2D eigenvalue weighted by Gasteiger charge is -2.17. The van der Waals surface area contributed by atoms with Crippen molar-refractivity contribution >= 4 is 23.0 Å². The van der Waals surface area contributed by atoms with Gasteiger partial charge in [-0.3, -0.25) is 4.79 Å². The molecule has 0 atom stereocenters. The van der Waals surface area contributed by atoms with Gasteiger partial charge in [-0.25, -0.2) is 0 Å². The maximum absolute atomic E-state index is 12.1. The van der Waals surface area contributed by atoms with Gasteiger partial charge in [-0.1, -0.05) is 12.1 Å². The number of amides is 1. The molecule has 0 bridgehead atoms. The van der Waals surface area contributed by atoms with Gasteiger partial charge >= 0.3 is 0 Å². The topological polar surface area (TPSA) is 44.4 Å². The van der Waals surface area contributed by atoms with Crippen LogP contribution >= 0.6 is 0 Å². The lowest BCUT2D eigenvalue weighted by molar-refractivity contribution is -0.115. The highest BCUT2D eigenvalue weighted by molar-refractivity contribution is 5.91. The van der Waals surface area contributed by atoms with E-state index in [-0.39, 0.29) is 5.91 Å². The molecule has 1 aliphatic rings. The zero-order valence-electron chi connectivity index (χ0n) is 15.1. The third-order valence-corrected chi connectivity index (χ3v) is 4.89. The summed E-state index contributed by atoms with van der Waals surface area (Å²) in [5.74, 6) is 0.0340. The highest BCUT2D eigenvalue weighted by atomic mass is 16.1. The van der Waals surface area contributed by atoms with Crippen molar-refractivity contribution in [1.82, 2.24) is 0 Å². The standard InChI is InChI=1S/C21H27N3O/c1-16-6-5-7-20(17(16)2)22-13-12-21(25)23-18-8-10-19(11-9-18)24-14-3-4-15-24/h5-11,22H,3-4,12-15H2,1-2H3,(H,23,25). The Bertz CT molecular complexity index is 718. The van der Waals surface area contributed by atoms with E-state index >= 15 is 0 Å². The van der Waals surface area contributed by atoms with E-state index in [4.69, 9.17) is 0 Å². The summed E-state index contributed by atoms with van der Waals surface area (Å²) in [4.78, 5) is 14.5. The molecule has 0 aromatic heterocycles. The van der Waals surface area contributed by atoms with Crippen molar-refractivity contribution in [3.8, 4) is 0 Å². The number of anilines is 3. The largest absolute Gasteiger partial charge is 0.384 e. The van der Waals surface area contributed by atoms with E-state index in [1.165, 1.54) is 29.7 Å². The Balaban J connectivity index is 1.46. The molecule has 2 aromatic rings. The highest BCUT2D eigenvalue weighted by Gasteiger charge is 2.12. The Kier molecular flexibility index (Phi) is 5.59. The van der Waals surface area contributed by atoms with Crippen molar-refractivity contribution in [2.45, 2.75) is 33.1 Å². The van der Waals surface area contributed by atoms with Crippen molar-refractivity contribution in [1.29, 1.82) is 0 Å². The molecule has 132 valence electrons. The minimum Gasteiger partial charge on any atom is -0.384 e. The van der Waals surface area contributed by atoms with Crippen LogP contribution in [-0.4, -0.2) is 25.5 Å². The molecule has 2 aromatic carbocycles. The van der Waals surface area contributed by atoms with Crippen molar-refractivity contribution in [2.75, 3.05) is 35.2 Å². The Labute approximate surface area is 150 Å². The summed E-state index contributed by atoms with van der Waals surface area (Å²) in [6.45, 7) is 7.09. The molecule has 4 heteroatoms. The van der Waals surface area contributed by atoms with Gasteiger partial charge in [0.25, 0.3) is 0 Å². The first kappa shape index (κ1) is 17.3. The summed E-state index contributed by atoms with van der Waals surface area (Å²) in [6, 6.07) is 14.3. The third-order valence-electron chi connectivity index (χ3n) is 4.89. The molecule has 0 spiro atoms. The fourth-order valence-electron chi connectivity index (χ4n) is 3.21. The molecule has 4 nitrogen and oxygen atoms in total.